The minimum absolute atomic E-state index is 0.844. The van der Waals surface area contributed by atoms with Gasteiger partial charge in [0.15, 0.2) is 0 Å². The van der Waals surface area contributed by atoms with Gasteiger partial charge < -0.3 is 4.74 Å². The van der Waals surface area contributed by atoms with E-state index in [1.807, 2.05) is 19.1 Å². The van der Waals surface area contributed by atoms with Crippen molar-refractivity contribution in [3.63, 3.8) is 0 Å². The van der Waals surface area contributed by atoms with E-state index in [1.165, 1.54) is 11.1 Å². The van der Waals surface area contributed by atoms with Crippen LogP contribution in [0.15, 0.2) is 17.0 Å². The summed E-state index contributed by atoms with van der Waals surface area (Å²) in [4.78, 5) is 0.938. The number of thiol groups is 1. The Labute approximate surface area is 72.8 Å². The Balaban J connectivity index is 3.25. The Morgan fingerprint density at radius 1 is 1.27 bits per heavy atom. The number of hydrogen-bond donors (Lipinski definition) is 1. The lowest BCUT2D eigenvalue weighted by molar-refractivity contribution is 0.404. The predicted molar refractivity (Wildman–Crippen MR) is 49.7 cm³/mol. The van der Waals surface area contributed by atoms with Crippen LogP contribution in [0.5, 0.6) is 5.75 Å². The van der Waals surface area contributed by atoms with Crippen LogP contribution in [0.2, 0.25) is 0 Å². The number of hydrogen-bond acceptors (Lipinski definition) is 2. The molecule has 60 valence electrons. The van der Waals surface area contributed by atoms with Crippen molar-refractivity contribution in [1.29, 1.82) is 0 Å². The monoisotopic (exact) mass is 168 g/mol. The molecule has 0 saturated heterocycles. The van der Waals surface area contributed by atoms with Crippen molar-refractivity contribution in [3.05, 3.63) is 23.3 Å². The summed E-state index contributed by atoms with van der Waals surface area (Å²) in [5.41, 5.74) is 2.43. The van der Waals surface area contributed by atoms with E-state index in [4.69, 9.17) is 4.74 Å². The van der Waals surface area contributed by atoms with Crippen LogP contribution >= 0.6 is 12.6 Å². The summed E-state index contributed by atoms with van der Waals surface area (Å²) in [6.07, 6.45) is 0. The van der Waals surface area contributed by atoms with Crippen molar-refractivity contribution in [3.8, 4) is 5.75 Å². The molecular weight excluding hydrogens is 156 g/mol. The molecule has 11 heavy (non-hydrogen) atoms. The van der Waals surface area contributed by atoms with Crippen LogP contribution in [0.1, 0.15) is 11.1 Å². The Bertz CT molecular complexity index is 269. The van der Waals surface area contributed by atoms with E-state index in [1.54, 1.807) is 7.11 Å². The van der Waals surface area contributed by atoms with Gasteiger partial charge in [-0.25, -0.2) is 0 Å². The van der Waals surface area contributed by atoms with Crippen LogP contribution in [-0.2, 0) is 0 Å². The number of benzene rings is 1. The molecule has 0 aliphatic carbocycles. The lowest BCUT2D eigenvalue weighted by Crippen LogP contribution is -1.89. The van der Waals surface area contributed by atoms with Gasteiger partial charge in [0.2, 0.25) is 0 Å². The summed E-state index contributed by atoms with van der Waals surface area (Å²) in [6.45, 7) is 4.11. The molecule has 1 aromatic carbocycles. The van der Waals surface area contributed by atoms with Crippen LogP contribution in [0.4, 0.5) is 0 Å². The van der Waals surface area contributed by atoms with Gasteiger partial charge >= 0.3 is 0 Å². The van der Waals surface area contributed by atoms with Gasteiger partial charge in [0, 0.05) is 4.90 Å². The standard InChI is InChI=1S/C9H12OS/c1-6-4-5-8(10-3)9(11)7(6)2/h4-5,11H,1-3H3. The highest BCUT2D eigenvalue weighted by Crippen LogP contribution is 2.27. The highest BCUT2D eigenvalue weighted by molar-refractivity contribution is 7.80. The molecule has 0 radical (unpaired) electrons. The van der Waals surface area contributed by atoms with Gasteiger partial charge in [-0.15, -0.1) is 12.6 Å². The average molecular weight is 168 g/mol. The van der Waals surface area contributed by atoms with E-state index < -0.39 is 0 Å². The molecule has 0 aliphatic rings. The normalized spacial score (nSPS) is 9.82. The molecule has 2 heteroatoms. The maximum Gasteiger partial charge on any atom is 0.132 e. The summed E-state index contributed by atoms with van der Waals surface area (Å²) >= 11 is 4.34. The first-order chi connectivity index (χ1) is 5.16. The molecule has 0 bridgehead atoms. The molecule has 0 aliphatic heterocycles. The lowest BCUT2D eigenvalue weighted by atomic mass is 10.1. The first-order valence-electron chi connectivity index (χ1n) is 3.50. The Kier molecular flexibility index (Phi) is 2.45. The molecule has 1 nitrogen and oxygen atoms in total. The summed E-state index contributed by atoms with van der Waals surface area (Å²) in [6, 6.07) is 3.97. The Morgan fingerprint density at radius 3 is 2.45 bits per heavy atom. The summed E-state index contributed by atoms with van der Waals surface area (Å²) in [5.74, 6) is 0.844. The van der Waals surface area contributed by atoms with Crippen LogP contribution in [0.25, 0.3) is 0 Å². The third kappa shape index (κ3) is 1.51. The molecule has 0 aromatic heterocycles. The van der Waals surface area contributed by atoms with Crippen molar-refractivity contribution in [2.75, 3.05) is 7.11 Å². The summed E-state index contributed by atoms with van der Waals surface area (Å²) < 4.78 is 5.10. The first-order valence-corrected chi connectivity index (χ1v) is 3.94. The second-order valence-electron chi connectivity index (χ2n) is 2.56. The molecule has 0 spiro atoms. The smallest absolute Gasteiger partial charge is 0.132 e. The quantitative estimate of drug-likeness (QED) is 0.634. The number of rotatable bonds is 1. The van der Waals surface area contributed by atoms with Gasteiger partial charge in [0.25, 0.3) is 0 Å². The van der Waals surface area contributed by atoms with Crippen molar-refractivity contribution in [1.82, 2.24) is 0 Å². The number of ether oxygens (including phenoxy) is 1. The van der Waals surface area contributed by atoms with Gasteiger partial charge in [0.05, 0.1) is 7.11 Å². The van der Waals surface area contributed by atoms with E-state index in [0.717, 1.165) is 10.6 Å². The van der Waals surface area contributed by atoms with Crippen molar-refractivity contribution < 1.29 is 4.74 Å². The minimum Gasteiger partial charge on any atom is -0.496 e. The zero-order chi connectivity index (χ0) is 8.43. The molecule has 0 fully saturated rings. The third-order valence-electron chi connectivity index (χ3n) is 1.88. The molecule has 0 unspecified atom stereocenters. The molecule has 0 amide bonds. The molecular formula is C9H12OS. The fourth-order valence-electron chi connectivity index (χ4n) is 0.941. The van der Waals surface area contributed by atoms with Gasteiger partial charge in [-0.3, -0.25) is 0 Å². The van der Waals surface area contributed by atoms with E-state index in [-0.39, 0.29) is 0 Å². The SMILES string of the molecule is COc1ccc(C)c(C)c1S. The van der Waals surface area contributed by atoms with Gasteiger partial charge in [0.1, 0.15) is 5.75 Å². The molecule has 0 saturated carbocycles. The second kappa shape index (κ2) is 3.18. The molecule has 0 atom stereocenters. The van der Waals surface area contributed by atoms with E-state index in [2.05, 4.69) is 19.6 Å². The zero-order valence-corrected chi connectivity index (χ0v) is 7.90. The van der Waals surface area contributed by atoms with Crippen LogP contribution in [-0.4, -0.2) is 7.11 Å². The fraction of sp³-hybridized carbons (Fsp3) is 0.333. The predicted octanol–water partition coefficient (Wildman–Crippen LogP) is 2.60. The molecule has 0 heterocycles. The van der Waals surface area contributed by atoms with Crippen LogP contribution < -0.4 is 4.74 Å². The van der Waals surface area contributed by atoms with Crippen molar-refractivity contribution in [2.24, 2.45) is 0 Å². The van der Waals surface area contributed by atoms with E-state index >= 15 is 0 Å². The topological polar surface area (TPSA) is 9.23 Å². The van der Waals surface area contributed by atoms with Crippen molar-refractivity contribution in [2.45, 2.75) is 18.7 Å². The maximum atomic E-state index is 5.10. The summed E-state index contributed by atoms with van der Waals surface area (Å²) in [7, 11) is 1.66. The number of aryl methyl sites for hydroxylation is 1. The van der Waals surface area contributed by atoms with Gasteiger partial charge in [-0.1, -0.05) is 6.07 Å². The van der Waals surface area contributed by atoms with Gasteiger partial charge in [-0.05, 0) is 31.0 Å². The second-order valence-corrected chi connectivity index (χ2v) is 3.01. The van der Waals surface area contributed by atoms with Crippen LogP contribution in [0.3, 0.4) is 0 Å². The minimum atomic E-state index is 0.844. The lowest BCUT2D eigenvalue weighted by Gasteiger charge is -2.08. The van der Waals surface area contributed by atoms with E-state index in [9.17, 15) is 0 Å². The zero-order valence-electron chi connectivity index (χ0n) is 7.01. The summed E-state index contributed by atoms with van der Waals surface area (Å²) in [5, 5.41) is 0. The highest BCUT2D eigenvalue weighted by atomic mass is 32.1. The van der Waals surface area contributed by atoms with E-state index in [0.29, 0.717) is 0 Å². The molecule has 1 aromatic rings. The number of methoxy groups -OCH3 is 1. The fourth-order valence-corrected chi connectivity index (χ4v) is 1.28. The Morgan fingerprint density at radius 2 is 1.91 bits per heavy atom. The van der Waals surface area contributed by atoms with Crippen molar-refractivity contribution >= 4 is 12.6 Å². The average Bonchev–Trinajstić information content (AvgIpc) is 2.01. The van der Waals surface area contributed by atoms with Crippen LogP contribution in [0, 0.1) is 13.8 Å². The van der Waals surface area contributed by atoms with Gasteiger partial charge in [-0.2, -0.15) is 0 Å². The largest absolute Gasteiger partial charge is 0.496 e. The molecule has 1 rings (SSSR count). The Hall–Kier alpha value is -0.630. The highest BCUT2D eigenvalue weighted by Gasteiger charge is 2.02. The molecule has 0 N–H and O–H groups in total. The first kappa shape index (κ1) is 8.47. The maximum absolute atomic E-state index is 5.10. The third-order valence-corrected chi connectivity index (χ3v) is 2.44.